The lowest BCUT2D eigenvalue weighted by atomic mass is 10.2. The lowest BCUT2D eigenvalue weighted by molar-refractivity contribution is 0.0954. The maximum atomic E-state index is 12.1. The van der Waals surface area contributed by atoms with Crippen molar-refractivity contribution in [3.63, 3.8) is 0 Å². The van der Waals surface area contributed by atoms with E-state index >= 15 is 0 Å². The Balaban J connectivity index is 0.00000240. The van der Waals surface area contributed by atoms with Crippen LogP contribution in [0.1, 0.15) is 22.8 Å². The number of amides is 1. The monoisotopic (exact) mass is 426 g/mol. The minimum atomic E-state index is -0.177. The van der Waals surface area contributed by atoms with E-state index in [1.54, 1.807) is 35.3 Å². The number of aromatic nitrogens is 3. The number of hydrogen-bond donors (Lipinski definition) is 1. The Morgan fingerprint density at radius 1 is 1.07 bits per heavy atom. The Morgan fingerprint density at radius 2 is 1.83 bits per heavy atom. The van der Waals surface area contributed by atoms with Crippen LogP contribution < -0.4 is 10.9 Å². The van der Waals surface area contributed by atoms with Crippen molar-refractivity contribution in [3.8, 4) is 11.4 Å². The van der Waals surface area contributed by atoms with E-state index in [9.17, 15) is 9.59 Å². The summed E-state index contributed by atoms with van der Waals surface area (Å²) in [6.07, 6.45) is 5.27. The average molecular weight is 427 g/mol. The number of halogens is 1. The van der Waals surface area contributed by atoms with Gasteiger partial charge < -0.3 is 9.88 Å². The highest BCUT2D eigenvalue weighted by Crippen LogP contribution is 2.21. The fraction of sp³-hybridized carbons (Fsp3) is 0.0952. The summed E-state index contributed by atoms with van der Waals surface area (Å²) < 4.78 is 4.02. The number of pyridine rings is 1. The molecule has 1 aromatic carbocycles. The number of hydrogen-bond acceptors (Lipinski definition) is 4. The number of benzene rings is 1. The molecule has 4 aromatic rings. The van der Waals surface area contributed by atoms with Gasteiger partial charge in [-0.25, -0.2) is 4.98 Å². The van der Waals surface area contributed by atoms with Crippen molar-refractivity contribution in [1.29, 1.82) is 0 Å². The van der Waals surface area contributed by atoms with Gasteiger partial charge in [-0.2, -0.15) is 0 Å². The fourth-order valence-corrected chi connectivity index (χ4v) is 3.68. The molecular weight excluding hydrogens is 408 g/mol. The van der Waals surface area contributed by atoms with Crippen LogP contribution in [0.5, 0.6) is 0 Å². The molecular formula is C21H19ClN4O2S. The van der Waals surface area contributed by atoms with Crippen molar-refractivity contribution in [1.82, 2.24) is 19.4 Å². The molecule has 6 nitrogen and oxygen atoms in total. The van der Waals surface area contributed by atoms with Crippen LogP contribution >= 0.6 is 22.9 Å². The van der Waals surface area contributed by atoms with Gasteiger partial charge >= 0.3 is 0 Å². The van der Waals surface area contributed by atoms with Gasteiger partial charge in [0.2, 0.25) is 0 Å². The van der Waals surface area contributed by atoms with Crippen LogP contribution in [0.3, 0.4) is 0 Å². The molecule has 148 valence electrons. The van der Waals surface area contributed by atoms with Crippen molar-refractivity contribution >= 4 is 28.8 Å². The topological polar surface area (TPSA) is 68.9 Å². The second kappa shape index (κ2) is 8.89. The number of nitrogens with one attached hydrogen (secondary N) is 1. The predicted molar refractivity (Wildman–Crippen MR) is 116 cm³/mol. The standard InChI is InChI=1S/C20H15ClN4O2S.CH4/c21-18-9-8-17(28-18)20(27)22-11-14-12-24(13-23-14)15-4-6-16(7-5-15)25-10-2-1-3-19(25)26;/h1-10,12-13H,11H2,(H,22,27);1H4. The van der Waals surface area contributed by atoms with E-state index in [0.717, 1.165) is 17.1 Å². The normalized spacial score (nSPS) is 10.4. The Hall–Kier alpha value is -3.16. The van der Waals surface area contributed by atoms with Crippen LogP contribution in [0, 0.1) is 0 Å². The number of thiophene rings is 1. The largest absolute Gasteiger partial charge is 0.346 e. The van der Waals surface area contributed by atoms with E-state index in [1.165, 1.54) is 17.4 Å². The van der Waals surface area contributed by atoms with Gasteiger partial charge in [0, 0.05) is 29.8 Å². The Labute approximate surface area is 177 Å². The molecule has 0 unspecified atom stereocenters. The molecule has 29 heavy (non-hydrogen) atoms. The molecule has 0 aliphatic rings. The zero-order valence-electron chi connectivity index (χ0n) is 14.6. The molecule has 0 saturated carbocycles. The first-order valence-electron chi connectivity index (χ1n) is 8.45. The SMILES string of the molecule is C.O=C(NCc1cn(-c2ccc(-n3ccccc3=O)cc2)cn1)c1ccc(Cl)s1. The minimum absolute atomic E-state index is 0. The third-order valence-electron chi connectivity index (χ3n) is 4.11. The molecule has 3 aromatic heterocycles. The first-order chi connectivity index (χ1) is 13.6. The second-order valence-electron chi connectivity index (χ2n) is 5.98. The minimum Gasteiger partial charge on any atom is -0.346 e. The van der Waals surface area contributed by atoms with Crippen molar-refractivity contribution in [3.05, 3.63) is 98.6 Å². The van der Waals surface area contributed by atoms with Gasteiger partial charge in [0.05, 0.1) is 27.8 Å². The highest BCUT2D eigenvalue weighted by Gasteiger charge is 2.09. The number of imidazole rings is 1. The molecule has 3 heterocycles. The van der Waals surface area contributed by atoms with Crippen LogP contribution in [0.15, 0.2) is 78.1 Å². The summed E-state index contributed by atoms with van der Waals surface area (Å²) >= 11 is 7.09. The third-order valence-corrected chi connectivity index (χ3v) is 5.34. The fourth-order valence-electron chi connectivity index (χ4n) is 2.72. The number of carbonyl (C=O) groups is 1. The lowest BCUT2D eigenvalue weighted by Gasteiger charge is -2.07. The average Bonchev–Trinajstić information content (AvgIpc) is 3.36. The van der Waals surface area contributed by atoms with Crippen molar-refractivity contribution < 1.29 is 4.79 Å². The molecule has 0 bridgehead atoms. The molecule has 0 spiro atoms. The van der Waals surface area contributed by atoms with E-state index in [4.69, 9.17) is 11.6 Å². The summed E-state index contributed by atoms with van der Waals surface area (Å²) in [7, 11) is 0. The molecule has 0 saturated heterocycles. The second-order valence-corrected chi connectivity index (χ2v) is 7.70. The molecule has 0 aliphatic carbocycles. The summed E-state index contributed by atoms with van der Waals surface area (Å²) in [6.45, 7) is 0.318. The molecule has 0 fully saturated rings. The zero-order chi connectivity index (χ0) is 19.5. The lowest BCUT2D eigenvalue weighted by Crippen LogP contribution is -2.21. The summed E-state index contributed by atoms with van der Waals surface area (Å²) in [5.74, 6) is -0.177. The summed E-state index contributed by atoms with van der Waals surface area (Å²) in [6, 6.07) is 16.0. The van der Waals surface area contributed by atoms with E-state index in [1.807, 2.05) is 41.1 Å². The molecule has 0 radical (unpaired) electrons. The van der Waals surface area contributed by atoms with Crippen LogP contribution in [-0.2, 0) is 6.54 Å². The van der Waals surface area contributed by atoms with E-state index in [-0.39, 0.29) is 18.9 Å². The summed E-state index contributed by atoms with van der Waals surface area (Å²) in [5.41, 5.74) is 2.35. The van der Waals surface area contributed by atoms with E-state index in [0.29, 0.717) is 15.8 Å². The van der Waals surface area contributed by atoms with Gasteiger partial charge in [0.1, 0.15) is 0 Å². The quantitative estimate of drug-likeness (QED) is 0.517. The third kappa shape index (κ3) is 4.64. The van der Waals surface area contributed by atoms with Gasteiger partial charge in [0.25, 0.3) is 11.5 Å². The number of nitrogens with zero attached hydrogens (tertiary/aromatic N) is 3. The van der Waals surface area contributed by atoms with Crippen molar-refractivity contribution in [2.45, 2.75) is 14.0 Å². The highest BCUT2D eigenvalue weighted by molar-refractivity contribution is 7.17. The van der Waals surface area contributed by atoms with Gasteiger partial charge in [-0.05, 0) is 42.5 Å². The maximum absolute atomic E-state index is 12.1. The van der Waals surface area contributed by atoms with Crippen molar-refractivity contribution in [2.24, 2.45) is 0 Å². The van der Waals surface area contributed by atoms with Gasteiger partial charge in [-0.1, -0.05) is 25.1 Å². The molecule has 1 N–H and O–H groups in total. The van der Waals surface area contributed by atoms with Gasteiger partial charge in [-0.3, -0.25) is 14.2 Å². The molecule has 1 amide bonds. The molecule has 0 atom stereocenters. The first kappa shape index (κ1) is 20.6. The summed E-state index contributed by atoms with van der Waals surface area (Å²) in [5, 5.41) is 2.83. The molecule has 8 heteroatoms. The highest BCUT2D eigenvalue weighted by atomic mass is 35.5. The predicted octanol–water partition coefficient (Wildman–Crippen LogP) is 4.30. The van der Waals surface area contributed by atoms with Crippen LogP contribution in [-0.4, -0.2) is 20.0 Å². The Bertz CT molecular complexity index is 1180. The van der Waals surface area contributed by atoms with E-state index in [2.05, 4.69) is 10.3 Å². The molecule has 4 rings (SSSR count). The zero-order valence-corrected chi connectivity index (χ0v) is 16.2. The van der Waals surface area contributed by atoms with Crippen LogP contribution in [0.4, 0.5) is 0 Å². The summed E-state index contributed by atoms with van der Waals surface area (Å²) in [4.78, 5) is 28.9. The number of rotatable bonds is 5. The number of carbonyl (C=O) groups excluding carboxylic acids is 1. The van der Waals surface area contributed by atoms with Gasteiger partial charge in [0.15, 0.2) is 0 Å². The maximum Gasteiger partial charge on any atom is 0.261 e. The Kier molecular flexibility index (Phi) is 6.31. The van der Waals surface area contributed by atoms with Crippen LogP contribution in [0.25, 0.3) is 11.4 Å². The van der Waals surface area contributed by atoms with Gasteiger partial charge in [-0.15, -0.1) is 11.3 Å². The van der Waals surface area contributed by atoms with Crippen LogP contribution in [0.2, 0.25) is 4.34 Å². The first-order valence-corrected chi connectivity index (χ1v) is 9.64. The van der Waals surface area contributed by atoms with Crippen molar-refractivity contribution in [2.75, 3.05) is 0 Å². The molecule has 0 aliphatic heterocycles. The van der Waals surface area contributed by atoms with E-state index < -0.39 is 0 Å². The smallest absolute Gasteiger partial charge is 0.261 e. The Morgan fingerprint density at radius 3 is 2.52 bits per heavy atom.